The highest BCUT2D eigenvalue weighted by Crippen LogP contribution is 2.30. The third-order valence-corrected chi connectivity index (χ3v) is 5.22. The van der Waals surface area contributed by atoms with Crippen LogP contribution in [0.15, 0.2) is 18.2 Å². The van der Waals surface area contributed by atoms with Gasteiger partial charge in [0.15, 0.2) is 0 Å². The molecule has 1 aromatic heterocycles. The molecule has 144 valence electrons. The van der Waals surface area contributed by atoms with Gasteiger partial charge in [-0.2, -0.15) is 0 Å². The Hall–Kier alpha value is -2.06. The van der Waals surface area contributed by atoms with Crippen LogP contribution in [0, 0.1) is 17.2 Å². The molecule has 27 heavy (non-hydrogen) atoms. The van der Waals surface area contributed by atoms with Crippen LogP contribution in [0.3, 0.4) is 0 Å². The van der Waals surface area contributed by atoms with Crippen molar-refractivity contribution in [2.24, 2.45) is 11.3 Å². The summed E-state index contributed by atoms with van der Waals surface area (Å²) in [5, 5.41) is 12.1. The van der Waals surface area contributed by atoms with Gasteiger partial charge in [0, 0.05) is 25.1 Å². The Morgan fingerprint density at radius 3 is 2.81 bits per heavy atom. The lowest BCUT2D eigenvalue weighted by Gasteiger charge is -2.17. The Morgan fingerprint density at radius 1 is 1.41 bits per heavy atom. The quantitative estimate of drug-likeness (QED) is 0.829. The summed E-state index contributed by atoms with van der Waals surface area (Å²) in [6, 6.07) is 4.07. The van der Waals surface area contributed by atoms with Crippen molar-refractivity contribution in [3.8, 4) is 0 Å². The second kappa shape index (κ2) is 7.52. The zero-order chi connectivity index (χ0) is 19.8. The van der Waals surface area contributed by atoms with Crippen LogP contribution in [-0.4, -0.2) is 28.6 Å². The Balaban J connectivity index is 1.64. The lowest BCUT2D eigenvalue weighted by Crippen LogP contribution is -2.28. The van der Waals surface area contributed by atoms with Crippen LogP contribution in [0.25, 0.3) is 0 Å². The predicted molar refractivity (Wildman–Crippen MR) is 104 cm³/mol. The summed E-state index contributed by atoms with van der Waals surface area (Å²) in [4.78, 5) is 26.2. The van der Waals surface area contributed by atoms with E-state index in [9.17, 15) is 14.0 Å². The number of aromatic nitrogens is 2. The van der Waals surface area contributed by atoms with E-state index in [1.165, 1.54) is 34.4 Å². The van der Waals surface area contributed by atoms with E-state index < -0.39 is 11.7 Å². The molecule has 0 spiro atoms. The van der Waals surface area contributed by atoms with Crippen molar-refractivity contribution >= 4 is 45.6 Å². The number of hydrogen-bond acceptors (Lipinski definition) is 5. The largest absolute Gasteiger partial charge is 0.312 e. The number of nitrogens with zero attached hydrogens (tertiary/aromatic N) is 3. The summed E-state index contributed by atoms with van der Waals surface area (Å²) >= 11 is 7.12. The van der Waals surface area contributed by atoms with Crippen molar-refractivity contribution in [1.82, 2.24) is 10.2 Å². The predicted octanol–water partition coefficient (Wildman–Crippen LogP) is 3.91. The summed E-state index contributed by atoms with van der Waals surface area (Å²) in [5.41, 5.74) is 0.556. The van der Waals surface area contributed by atoms with E-state index in [4.69, 9.17) is 11.6 Å². The molecule has 1 aliphatic heterocycles. The van der Waals surface area contributed by atoms with Gasteiger partial charge in [-0.15, -0.1) is 10.2 Å². The number of carbonyl (C=O) groups is 2. The summed E-state index contributed by atoms with van der Waals surface area (Å²) in [5.74, 6) is -1.55. The molecule has 2 heterocycles. The van der Waals surface area contributed by atoms with Crippen LogP contribution in [0.4, 0.5) is 15.2 Å². The van der Waals surface area contributed by atoms with Gasteiger partial charge in [0.25, 0.3) is 0 Å². The van der Waals surface area contributed by atoms with Crippen LogP contribution in [0.2, 0.25) is 5.02 Å². The first-order valence-corrected chi connectivity index (χ1v) is 9.70. The van der Waals surface area contributed by atoms with Gasteiger partial charge in [0.2, 0.25) is 16.9 Å². The van der Waals surface area contributed by atoms with Crippen LogP contribution in [0.5, 0.6) is 0 Å². The fraction of sp³-hybridized carbons (Fsp3) is 0.444. The zero-order valence-corrected chi connectivity index (χ0v) is 16.8. The van der Waals surface area contributed by atoms with E-state index in [2.05, 4.69) is 36.3 Å². The van der Waals surface area contributed by atoms with Gasteiger partial charge in [0.1, 0.15) is 10.8 Å². The van der Waals surface area contributed by atoms with E-state index in [0.29, 0.717) is 10.8 Å². The minimum absolute atomic E-state index is 0.0616. The Morgan fingerprint density at radius 2 is 2.15 bits per heavy atom. The molecule has 3 rings (SSSR count). The maximum absolute atomic E-state index is 13.3. The molecule has 1 fully saturated rings. The van der Waals surface area contributed by atoms with Crippen molar-refractivity contribution < 1.29 is 14.0 Å². The fourth-order valence-corrected chi connectivity index (χ4v) is 4.04. The van der Waals surface area contributed by atoms with E-state index in [1.54, 1.807) is 0 Å². The van der Waals surface area contributed by atoms with Crippen molar-refractivity contribution in [3.05, 3.63) is 34.0 Å². The molecular weight excluding hydrogens is 391 g/mol. The lowest BCUT2D eigenvalue weighted by atomic mass is 9.93. The highest BCUT2D eigenvalue weighted by atomic mass is 35.5. The molecule has 9 heteroatoms. The van der Waals surface area contributed by atoms with Crippen LogP contribution in [0.1, 0.15) is 32.2 Å². The van der Waals surface area contributed by atoms with Crippen molar-refractivity contribution in [3.63, 3.8) is 0 Å². The first kappa shape index (κ1) is 19.7. The number of anilines is 2. The topological polar surface area (TPSA) is 75.2 Å². The third-order valence-electron chi connectivity index (χ3n) is 4.09. The molecule has 1 aromatic carbocycles. The monoisotopic (exact) mass is 410 g/mol. The summed E-state index contributed by atoms with van der Waals surface area (Å²) in [6.45, 7) is 6.52. The zero-order valence-electron chi connectivity index (χ0n) is 15.3. The normalized spacial score (nSPS) is 17.4. The molecule has 1 atom stereocenters. The first-order chi connectivity index (χ1) is 12.6. The summed E-state index contributed by atoms with van der Waals surface area (Å²) in [7, 11) is 0. The SMILES string of the molecule is CC(C)(C)Cc1nnc(NC(=O)C2CC(=O)N(c3ccc(F)c(Cl)c3)C2)s1. The number of benzene rings is 1. The van der Waals surface area contributed by atoms with E-state index in [-0.39, 0.29) is 35.2 Å². The van der Waals surface area contributed by atoms with Crippen molar-refractivity contribution in [2.75, 3.05) is 16.8 Å². The molecule has 0 radical (unpaired) electrons. The molecule has 0 bridgehead atoms. The molecule has 0 aliphatic carbocycles. The Labute approximate surface area is 165 Å². The number of carbonyl (C=O) groups excluding carboxylic acids is 2. The fourth-order valence-electron chi connectivity index (χ4n) is 2.82. The first-order valence-electron chi connectivity index (χ1n) is 8.51. The van der Waals surface area contributed by atoms with Gasteiger partial charge in [-0.05, 0) is 23.6 Å². The second-order valence-electron chi connectivity index (χ2n) is 7.73. The highest BCUT2D eigenvalue weighted by Gasteiger charge is 2.35. The molecule has 0 saturated carbocycles. The van der Waals surface area contributed by atoms with Gasteiger partial charge in [-0.3, -0.25) is 9.59 Å². The van der Waals surface area contributed by atoms with Crippen LogP contribution >= 0.6 is 22.9 Å². The maximum Gasteiger partial charge on any atom is 0.231 e. The minimum atomic E-state index is -0.552. The second-order valence-corrected chi connectivity index (χ2v) is 9.20. The van der Waals surface area contributed by atoms with Gasteiger partial charge < -0.3 is 10.2 Å². The molecule has 1 N–H and O–H groups in total. The number of halogens is 2. The van der Waals surface area contributed by atoms with Gasteiger partial charge in [-0.1, -0.05) is 43.7 Å². The summed E-state index contributed by atoms with van der Waals surface area (Å²) in [6.07, 6.45) is 0.843. The number of nitrogens with one attached hydrogen (secondary N) is 1. The Bertz CT molecular complexity index is 880. The van der Waals surface area contributed by atoms with Gasteiger partial charge in [0.05, 0.1) is 10.9 Å². The molecule has 6 nitrogen and oxygen atoms in total. The summed E-state index contributed by atoms with van der Waals surface area (Å²) < 4.78 is 13.3. The molecule has 1 unspecified atom stereocenters. The number of rotatable bonds is 4. The standard InChI is InChI=1S/C18H20ClFN4O2S/c1-18(2,3)8-14-22-23-17(27-14)21-16(26)10-6-15(25)24(9-10)11-4-5-13(20)12(19)7-11/h4-5,7,10H,6,8-9H2,1-3H3,(H,21,23,26). The smallest absolute Gasteiger partial charge is 0.231 e. The van der Waals surface area contributed by atoms with Crippen molar-refractivity contribution in [1.29, 1.82) is 0 Å². The minimum Gasteiger partial charge on any atom is -0.312 e. The van der Waals surface area contributed by atoms with Crippen molar-refractivity contribution in [2.45, 2.75) is 33.6 Å². The Kier molecular flexibility index (Phi) is 5.48. The maximum atomic E-state index is 13.3. The molecule has 1 saturated heterocycles. The molecule has 2 amide bonds. The van der Waals surface area contributed by atoms with E-state index in [0.717, 1.165) is 11.4 Å². The molecule has 2 aromatic rings. The van der Waals surface area contributed by atoms with Gasteiger partial charge in [-0.25, -0.2) is 4.39 Å². The number of amides is 2. The van der Waals surface area contributed by atoms with E-state index >= 15 is 0 Å². The highest BCUT2D eigenvalue weighted by molar-refractivity contribution is 7.15. The average Bonchev–Trinajstić information content (AvgIpc) is 3.15. The van der Waals surface area contributed by atoms with Gasteiger partial charge >= 0.3 is 0 Å². The molecular formula is C18H20ClFN4O2S. The lowest BCUT2D eigenvalue weighted by molar-refractivity contribution is -0.122. The van der Waals surface area contributed by atoms with E-state index in [1.807, 2.05) is 0 Å². The van der Waals surface area contributed by atoms with Crippen LogP contribution in [-0.2, 0) is 16.0 Å². The molecule has 1 aliphatic rings. The third kappa shape index (κ3) is 4.81. The van der Waals surface area contributed by atoms with Crippen LogP contribution < -0.4 is 10.2 Å². The average molecular weight is 411 g/mol. The number of hydrogen-bond donors (Lipinski definition) is 1.